The summed E-state index contributed by atoms with van der Waals surface area (Å²) in [5.41, 5.74) is 13.2. The molecule has 0 saturated heterocycles. The minimum absolute atomic E-state index is 0.148. The first-order valence-corrected chi connectivity index (χ1v) is 8.38. The number of pyridine rings is 1. The van der Waals surface area contributed by atoms with E-state index in [1.807, 2.05) is 12.3 Å². The first-order chi connectivity index (χ1) is 10.6. The molecule has 5 nitrogen and oxygen atoms in total. The number of nitrogens with two attached hydrogens (primary N) is 1. The zero-order chi connectivity index (χ0) is 15.3. The molecule has 1 aromatic rings. The second kappa shape index (κ2) is 4.96. The molecule has 3 N–H and O–H groups in total. The number of nitrogens with zero attached hydrogens (tertiary/aromatic N) is 2. The smallest absolute Gasteiger partial charge is 0.188 e. The van der Waals surface area contributed by atoms with E-state index < -0.39 is 0 Å². The van der Waals surface area contributed by atoms with E-state index in [4.69, 9.17) is 5.73 Å². The third-order valence-electron chi connectivity index (χ3n) is 5.83. The maximum atomic E-state index is 11.7. The molecule has 4 rings (SSSR count). The minimum Gasteiger partial charge on any atom is -0.859 e. The van der Waals surface area contributed by atoms with Crippen LogP contribution in [0.25, 0.3) is 5.70 Å². The molecule has 0 bridgehead atoms. The summed E-state index contributed by atoms with van der Waals surface area (Å²) < 4.78 is 0.645. The lowest BCUT2D eigenvalue weighted by atomic mass is 9.81. The zero-order valence-electron chi connectivity index (χ0n) is 13.1. The molecule has 1 fully saturated rings. The molecule has 3 heterocycles. The van der Waals surface area contributed by atoms with E-state index in [0.29, 0.717) is 10.5 Å². The number of quaternary nitrogens is 1. The summed E-state index contributed by atoms with van der Waals surface area (Å²) in [5.74, 6) is 0.471. The second-order valence-corrected chi connectivity index (χ2v) is 7.13. The molecule has 1 aromatic heterocycles. The number of fused-ring (bicyclic) bond motifs is 3. The van der Waals surface area contributed by atoms with E-state index in [1.54, 1.807) is 6.07 Å². The zero-order valence-corrected chi connectivity index (χ0v) is 13.1. The Kier molecular flexibility index (Phi) is 3.16. The van der Waals surface area contributed by atoms with Crippen molar-refractivity contribution in [3.63, 3.8) is 0 Å². The van der Waals surface area contributed by atoms with E-state index in [-0.39, 0.29) is 18.0 Å². The quantitative estimate of drug-likeness (QED) is 0.834. The number of rotatable bonds is 3. The van der Waals surface area contributed by atoms with Crippen LogP contribution in [0, 0.1) is 5.92 Å². The molecule has 3 atom stereocenters. The molecule has 0 amide bonds. The molecule has 118 valence electrons. The van der Waals surface area contributed by atoms with E-state index >= 15 is 0 Å². The Bertz CT molecular complexity index is 623. The van der Waals surface area contributed by atoms with Gasteiger partial charge in [-0.05, 0) is 30.7 Å². The van der Waals surface area contributed by atoms with Crippen molar-refractivity contribution in [2.75, 3.05) is 7.05 Å². The Morgan fingerprint density at radius 1 is 1.36 bits per heavy atom. The summed E-state index contributed by atoms with van der Waals surface area (Å²) in [7, 11) is 2.15. The van der Waals surface area contributed by atoms with Crippen molar-refractivity contribution in [1.82, 2.24) is 10.4 Å². The van der Waals surface area contributed by atoms with Gasteiger partial charge in [-0.1, -0.05) is 25.3 Å². The van der Waals surface area contributed by atoms with Crippen molar-refractivity contribution < 1.29 is 9.70 Å². The van der Waals surface area contributed by atoms with Gasteiger partial charge in [-0.2, -0.15) is 4.59 Å². The number of aromatic nitrogens is 1. The van der Waals surface area contributed by atoms with Crippen LogP contribution in [0.15, 0.2) is 18.3 Å². The first-order valence-electron chi connectivity index (χ1n) is 8.38. The monoisotopic (exact) mass is 300 g/mol. The van der Waals surface area contributed by atoms with Gasteiger partial charge in [0, 0.05) is 12.5 Å². The van der Waals surface area contributed by atoms with Crippen LogP contribution in [-0.2, 0) is 0 Å². The van der Waals surface area contributed by atoms with Gasteiger partial charge in [0.2, 0.25) is 0 Å². The molecule has 0 radical (unpaired) electrons. The fourth-order valence-corrected chi connectivity index (χ4v) is 4.42. The van der Waals surface area contributed by atoms with Crippen LogP contribution in [0.4, 0.5) is 0 Å². The van der Waals surface area contributed by atoms with Crippen molar-refractivity contribution in [3.05, 3.63) is 29.6 Å². The van der Waals surface area contributed by atoms with Gasteiger partial charge < -0.3 is 10.8 Å². The van der Waals surface area contributed by atoms with Crippen molar-refractivity contribution in [2.45, 2.75) is 50.6 Å². The van der Waals surface area contributed by atoms with Crippen molar-refractivity contribution >= 4 is 5.70 Å². The van der Waals surface area contributed by atoms with Gasteiger partial charge in [0.1, 0.15) is 11.9 Å². The van der Waals surface area contributed by atoms with E-state index in [9.17, 15) is 5.11 Å². The second-order valence-electron chi connectivity index (χ2n) is 7.13. The van der Waals surface area contributed by atoms with Crippen LogP contribution >= 0.6 is 0 Å². The summed E-state index contributed by atoms with van der Waals surface area (Å²) in [6, 6.07) is 3.82. The first kappa shape index (κ1) is 14.0. The summed E-state index contributed by atoms with van der Waals surface area (Å²) in [6.07, 6.45) is 9.35. The molecule has 3 aliphatic rings. The van der Waals surface area contributed by atoms with Crippen molar-refractivity contribution in [1.29, 1.82) is 0 Å². The summed E-state index contributed by atoms with van der Waals surface area (Å²) in [5, 5.41) is 11.7. The van der Waals surface area contributed by atoms with Gasteiger partial charge in [-0.25, -0.2) is 5.43 Å². The van der Waals surface area contributed by atoms with Gasteiger partial charge in [-0.15, -0.1) is 0 Å². The lowest BCUT2D eigenvalue weighted by Gasteiger charge is -2.42. The maximum Gasteiger partial charge on any atom is 0.188 e. The fraction of sp³-hybridized carbons (Fsp3) is 0.588. The molecule has 2 aliphatic heterocycles. The molecule has 22 heavy (non-hydrogen) atoms. The average Bonchev–Trinajstić information content (AvgIpc) is 2.67. The highest BCUT2D eigenvalue weighted by atomic mass is 16.3. The lowest BCUT2D eigenvalue weighted by molar-refractivity contribution is -0.922. The number of nitrogens with one attached hydrogen (secondary N) is 1. The topological polar surface area (TPSA) is 74.0 Å². The molecule has 5 heteroatoms. The van der Waals surface area contributed by atoms with Crippen molar-refractivity contribution in [2.24, 2.45) is 11.7 Å². The van der Waals surface area contributed by atoms with E-state index in [1.165, 1.54) is 37.8 Å². The van der Waals surface area contributed by atoms with Gasteiger partial charge in [0.05, 0.1) is 12.6 Å². The van der Waals surface area contributed by atoms with Crippen LogP contribution < -0.4 is 16.3 Å². The average molecular weight is 300 g/mol. The molecule has 1 aliphatic carbocycles. The SMILES string of the molecule is C[N+]12NC=C1c1ccc([O-])nc1C2CC(N)C1CCCCC1. The summed E-state index contributed by atoms with van der Waals surface area (Å²) in [4.78, 5) is 4.31. The van der Waals surface area contributed by atoms with Crippen LogP contribution in [0.3, 0.4) is 0 Å². The molecule has 0 spiro atoms. The predicted octanol–water partition coefficient (Wildman–Crippen LogP) is 1.77. The maximum absolute atomic E-state index is 11.7. The molecular formula is C17H24N4O. The predicted molar refractivity (Wildman–Crippen MR) is 82.9 cm³/mol. The Morgan fingerprint density at radius 3 is 2.82 bits per heavy atom. The Morgan fingerprint density at radius 2 is 2.14 bits per heavy atom. The Balaban J connectivity index is 1.61. The number of hydrogen-bond donors (Lipinski definition) is 2. The summed E-state index contributed by atoms with van der Waals surface area (Å²) >= 11 is 0. The van der Waals surface area contributed by atoms with Gasteiger partial charge in [-0.3, -0.25) is 4.98 Å². The molecule has 0 aromatic carbocycles. The lowest BCUT2D eigenvalue weighted by Crippen LogP contribution is -2.57. The molecular weight excluding hydrogens is 276 g/mol. The van der Waals surface area contributed by atoms with Crippen molar-refractivity contribution in [3.8, 4) is 5.88 Å². The third kappa shape index (κ3) is 1.96. The highest BCUT2D eigenvalue weighted by molar-refractivity contribution is 5.67. The minimum atomic E-state index is -0.148. The third-order valence-corrected chi connectivity index (χ3v) is 5.83. The fourth-order valence-electron chi connectivity index (χ4n) is 4.42. The van der Waals surface area contributed by atoms with Crippen LogP contribution in [0.1, 0.15) is 55.8 Å². The van der Waals surface area contributed by atoms with Crippen LogP contribution in [-0.4, -0.2) is 22.7 Å². The van der Waals surface area contributed by atoms with E-state index in [2.05, 4.69) is 17.5 Å². The molecule has 1 saturated carbocycles. The Labute approximate surface area is 131 Å². The normalized spacial score (nSPS) is 31.5. The van der Waals surface area contributed by atoms with Crippen LogP contribution in [0.2, 0.25) is 0 Å². The highest BCUT2D eigenvalue weighted by Crippen LogP contribution is 2.50. The molecule has 3 unspecified atom stereocenters. The number of hydrogen-bond acceptors (Lipinski definition) is 4. The van der Waals surface area contributed by atoms with Gasteiger partial charge >= 0.3 is 0 Å². The summed E-state index contributed by atoms with van der Waals surface area (Å²) in [6.45, 7) is 0. The van der Waals surface area contributed by atoms with Gasteiger partial charge in [0.25, 0.3) is 0 Å². The highest BCUT2D eigenvalue weighted by Gasteiger charge is 2.54. The van der Waals surface area contributed by atoms with Gasteiger partial charge in [0.15, 0.2) is 11.7 Å². The van der Waals surface area contributed by atoms with Crippen LogP contribution in [0.5, 0.6) is 5.88 Å². The standard InChI is InChI=1S/C17H24N4O/c1-21-14(9-13(18)11-5-3-2-4-6-11)17-12(15(21)10-19-21)7-8-16(22)20-17/h7-8,10-11,13-14,19H,2-6,9,18H2,1H3. The Hall–Kier alpha value is -1.59. The largest absolute Gasteiger partial charge is 0.859 e. The van der Waals surface area contributed by atoms with E-state index in [0.717, 1.165) is 17.7 Å².